The Balaban J connectivity index is 1.19. The Labute approximate surface area is 252 Å². The highest BCUT2D eigenvalue weighted by atomic mass is 16.5. The highest BCUT2D eigenvalue weighted by Gasteiger charge is 2.56. The van der Waals surface area contributed by atoms with E-state index in [4.69, 9.17) is 21.3 Å². The Hall–Kier alpha value is -4.02. The minimum Gasteiger partial charge on any atom is -0.496 e. The first-order chi connectivity index (χ1) is 20.9. The molecule has 4 aromatic rings. The Morgan fingerprint density at radius 3 is 2.35 bits per heavy atom. The second-order valence-electron chi connectivity index (χ2n) is 12.4. The van der Waals surface area contributed by atoms with Crippen molar-refractivity contribution in [3.63, 3.8) is 0 Å². The van der Waals surface area contributed by atoms with Gasteiger partial charge in [-0.25, -0.2) is 14.6 Å². The zero-order chi connectivity index (χ0) is 29.7. The van der Waals surface area contributed by atoms with Gasteiger partial charge in [0.25, 0.3) is 0 Å². The summed E-state index contributed by atoms with van der Waals surface area (Å²) in [6, 6.07) is 17.1. The van der Waals surface area contributed by atoms with Gasteiger partial charge in [0.2, 0.25) is 5.91 Å². The highest BCUT2D eigenvalue weighted by Crippen LogP contribution is 2.62. The topological polar surface area (TPSA) is 128 Å². The van der Waals surface area contributed by atoms with Crippen LogP contribution in [0.15, 0.2) is 54.9 Å². The third-order valence-electron chi connectivity index (χ3n) is 9.97. The zero-order valence-corrected chi connectivity index (χ0v) is 24.9. The summed E-state index contributed by atoms with van der Waals surface area (Å²) in [5.41, 5.74) is 16.8. The lowest BCUT2D eigenvalue weighted by Crippen LogP contribution is -2.47. The van der Waals surface area contributed by atoms with Crippen LogP contribution in [-0.2, 0) is 4.79 Å². The molecule has 3 atom stereocenters. The molecule has 224 valence electrons. The number of primary amides is 1. The summed E-state index contributed by atoms with van der Waals surface area (Å²) >= 11 is 0. The van der Waals surface area contributed by atoms with E-state index in [9.17, 15) is 4.79 Å². The number of amides is 1. The molecule has 10 nitrogen and oxygen atoms in total. The smallest absolute Gasteiger partial charge is 0.221 e. The SMILES string of the molecule is COc1cc(-c2nn(C3CCN(C4CCN(C)CC4)CC3)c3ncnc(N)c23)ccc1C1C(C(N)=O)C1c1ccccc1. The Morgan fingerprint density at radius 1 is 0.930 bits per heavy atom. The summed E-state index contributed by atoms with van der Waals surface area (Å²) in [5, 5.41) is 5.90. The Kier molecular flexibility index (Phi) is 7.26. The fourth-order valence-electron chi connectivity index (χ4n) is 7.58. The molecule has 10 heteroatoms. The second-order valence-corrected chi connectivity index (χ2v) is 12.4. The molecule has 3 unspecified atom stereocenters. The monoisotopic (exact) mass is 580 g/mol. The molecule has 1 amide bonds. The summed E-state index contributed by atoms with van der Waals surface area (Å²) in [6.45, 7) is 4.47. The van der Waals surface area contributed by atoms with E-state index in [2.05, 4.69) is 43.6 Å². The Bertz CT molecular complexity index is 1620. The van der Waals surface area contributed by atoms with E-state index >= 15 is 0 Å². The molecule has 3 aliphatic rings. The van der Waals surface area contributed by atoms with Crippen LogP contribution in [0.5, 0.6) is 5.75 Å². The first-order valence-electron chi connectivity index (χ1n) is 15.4. The molecule has 0 radical (unpaired) electrons. The van der Waals surface area contributed by atoms with Crippen LogP contribution >= 0.6 is 0 Å². The van der Waals surface area contributed by atoms with E-state index in [1.165, 1.54) is 32.3 Å². The summed E-state index contributed by atoms with van der Waals surface area (Å²) in [6.07, 6.45) is 6.05. The molecule has 3 fully saturated rings. The molecule has 2 aromatic carbocycles. The van der Waals surface area contributed by atoms with Crippen molar-refractivity contribution >= 4 is 22.8 Å². The molecule has 2 saturated heterocycles. The lowest BCUT2D eigenvalue weighted by Gasteiger charge is -2.41. The third kappa shape index (κ3) is 5.02. The fourth-order valence-corrected chi connectivity index (χ4v) is 7.58. The average molecular weight is 581 g/mol. The van der Waals surface area contributed by atoms with Gasteiger partial charge in [-0.3, -0.25) is 4.79 Å². The quantitative estimate of drug-likeness (QED) is 0.338. The van der Waals surface area contributed by atoms with E-state index in [1.807, 2.05) is 36.4 Å². The maximum atomic E-state index is 12.4. The third-order valence-corrected chi connectivity index (χ3v) is 9.97. The summed E-state index contributed by atoms with van der Waals surface area (Å²) in [5.74, 6) is 0.548. The number of ether oxygens (including phenoxy) is 1. The van der Waals surface area contributed by atoms with Crippen molar-refractivity contribution in [1.82, 2.24) is 29.5 Å². The summed E-state index contributed by atoms with van der Waals surface area (Å²) < 4.78 is 7.98. The number of nitrogens with zero attached hydrogens (tertiary/aromatic N) is 6. The largest absolute Gasteiger partial charge is 0.496 e. The summed E-state index contributed by atoms with van der Waals surface area (Å²) in [7, 11) is 3.87. The molecule has 7 rings (SSSR count). The minimum absolute atomic E-state index is 0.0305. The van der Waals surface area contributed by atoms with Gasteiger partial charge in [-0.05, 0) is 63.0 Å². The Morgan fingerprint density at radius 2 is 1.65 bits per heavy atom. The van der Waals surface area contributed by atoms with E-state index < -0.39 is 0 Å². The van der Waals surface area contributed by atoms with Crippen molar-refractivity contribution in [3.05, 3.63) is 66.0 Å². The number of likely N-dealkylation sites (tertiary alicyclic amines) is 2. The van der Waals surface area contributed by atoms with Gasteiger partial charge < -0.3 is 26.0 Å². The van der Waals surface area contributed by atoms with E-state index in [0.29, 0.717) is 17.6 Å². The number of fused-ring (bicyclic) bond motifs is 1. The van der Waals surface area contributed by atoms with Crippen molar-refractivity contribution in [3.8, 4) is 17.0 Å². The molecule has 1 aliphatic carbocycles. The zero-order valence-electron chi connectivity index (χ0n) is 24.9. The number of benzene rings is 2. The second kappa shape index (κ2) is 11.2. The van der Waals surface area contributed by atoms with Crippen LogP contribution < -0.4 is 16.2 Å². The van der Waals surface area contributed by atoms with E-state index in [-0.39, 0.29) is 29.7 Å². The van der Waals surface area contributed by atoms with Gasteiger partial charge in [-0.2, -0.15) is 5.10 Å². The van der Waals surface area contributed by atoms with Crippen LogP contribution in [0.25, 0.3) is 22.3 Å². The molecule has 4 N–H and O–H groups in total. The van der Waals surface area contributed by atoms with Gasteiger partial charge in [0.15, 0.2) is 5.65 Å². The maximum Gasteiger partial charge on any atom is 0.221 e. The van der Waals surface area contributed by atoms with E-state index in [1.54, 1.807) is 7.11 Å². The number of hydrogen-bond donors (Lipinski definition) is 2. The molecule has 1 saturated carbocycles. The van der Waals surface area contributed by atoms with Crippen molar-refractivity contribution in [1.29, 1.82) is 0 Å². The number of carbonyl (C=O) groups excluding carboxylic acids is 1. The minimum atomic E-state index is -0.290. The van der Waals surface area contributed by atoms with Gasteiger partial charge in [-0.1, -0.05) is 42.5 Å². The molecule has 4 heterocycles. The number of nitrogens with two attached hydrogens (primary N) is 2. The molecule has 2 aliphatic heterocycles. The first-order valence-corrected chi connectivity index (χ1v) is 15.4. The number of piperidine rings is 2. The molecule has 2 aromatic heterocycles. The van der Waals surface area contributed by atoms with Gasteiger partial charge in [0.1, 0.15) is 23.6 Å². The molecule has 0 bridgehead atoms. The molecular formula is C33H40N8O2. The van der Waals surface area contributed by atoms with E-state index in [0.717, 1.165) is 59.3 Å². The standard InChI is InChI=1S/C33H40N8O2/c1-39-14-10-22(11-15-39)40-16-12-23(13-17-40)41-33-29(31(34)36-19-37-33)30(38-41)21-8-9-24(25(18-21)43-2)27-26(28(27)32(35)42)20-6-4-3-5-7-20/h3-9,18-19,22-23,26-28H,10-17H2,1-2H3,(H2,35,42)(H2,34,36,37). The molecular weight excluding hydrogens is 540 g/mol. The number of rotatable bonds is 7. The highest BCUT2D eigenvalue weighted by molar-refractivity contribution is 5.98. The van der Waals surface area contributed by atoms with Crippen LogP contribution in [0, 0.1) is 5.92 Å². The predicted octanol–water partition coefficient (Wildman–Crippen LogP) is 3.80. The summed E-state index contributed by atoms with van der Waals surface area (Å²) in [4.78, 5) is 26.5. The molecule has 0 spiro atoms. The predicted molar refractivity (Wildman–Crippen MR) is 167 cm³/mol. The fraction of sp³-hybridized carbons (Fsp3) is 0.455. The van der Waals surface area contributed by atoms with Gasteiger partial charge in [0.05, 0.1) is 24.5 Å². The van der Waals surface area contributed by atoms with Crippen LogP contribution in [-0.4, -0.2) is 81.8 Å². The lowest BCUT2D eigenvalue weighted by atomic mass is 9.98. The van der Waals surface area contributed by atoms with Crippen molar-refractivity contribution in [2.24, 2.45) is 11.7 Å². The number of aromatic nitrogens is 4. The number of anilines is 1. The molecule has 43 heavy (non-hydrogen) atoms. The number of nitrogen functional groups attached to an aromatic ring is 1. The number of hydrogen-bond acceptors (Lipinski definition) is 8. The van der Waals surface area contributed by atoms with Gasteiger partial charge in [-0.15, -0.1) is 0 Å². The van der Waals surface area contributed by atoms with Gasteiger partial charge in [0, 0.05) is 36.5 Å². The van der Waals surface area contributed by atoms with Gasteiger partial charge >= 0.3 is 0 Å². The maximum absolute atomic E-state index is 12.4. The number of carbonyl (C=O) groups is 1. The lowest BCUT2D eigenvalue weighted by molar-refractivity contribution is -0.119. The average Bonchev–Trinajstić information content (AvgIpc) is 3.67. The van der Waals surface area contributed by atoms with Crippen LogP contribution in [0.2, 0.25) is 0 Å². The first kappa shape index (κ1) is 27.8. The van der Waals surface area contributed by atoms with Crippen molar-refractivity contribution in [2.75, 3.05) is 46.1 Å². The van der Waals surface area contributed by atoms with Crippen molar-refractivity contribution in [2.45, 2.75) is 49.6 Å². The van der Waals surface area contributed by atoms with Crippen LogP contribution in [0.3, 0.4) is 0 Å². The normalized spacial score (nSPS) is 23.9. The number of methoxy groups -OCH3 is 1. The van der Waals surface area contributed by atoms with Crippen LogP contribution in [0.1, 0.15) is 54.7 Å². The van der Waals surface area contributed by atoms with Crippen molar-refractivity contribution < 1.29 is 9.53 Å². The van der Waals surface area contributed by atoms with Crippen LogP contribution in [0.4, 0.5) is 5.82 Å².